The van der Waals surface area contributed by atoms with Crippen LogP contribution in [0.3, 0.4) is 0 Å². The molecule has 4 nitrogen and oxygen atoms in total. The summed E-state index contributed by atoms with van der Waals surface area (Å²) >= 11 is 2.04. The molecule has 1 heterocycles. The molecule has 1 atom stereocenters. The van der Waals surface area contributed by atoms with Crippen molar-refractivity contribution in [3.05, 3.63) is 53.6 Å². The van der Waals surface area contributed by atoms with Crippen LogP contribution in [0, 0.1) is 0 Å². The van der Waals surface area contributed by atoms with Gasteiger partial charge in [-0.1, -0.05) is 30.3 Å². The van der Waals surface area contributed by atoms with Crippen LogP contribution in [0.1, 0.15) is 16.4 Å². The molecule has 2 aromatic carbocycles. The van der Waals surface area contributed by atoms with Gasteiger partial charge >= 0.3 is 0 Å². The first-order valence-electron chi connectivity index (χ1n) is 8.43. The van der Waals surface area contributed by atoms with Crippen molar-refractivity contribution < 1.29 is 14.2 Å². The molecule has 2 aromatic rings. The fourth-order valence-corrected chi connectivity index (χ4v) is 4.49. The molecule has 25 heavy (non-hydrogen) atoms. The third-order valence-corrected chi connectivity index (χ3v) is 5.74. The van der Waals surface area contributed by atoms with E-state index in [0.717, 1.165) is 42.4 Å². The van der Waals surface area contributed by atoms with Gasteiger partial charge < -0.3 is 14.2 Å². The van der Waals surface area contributed by atoms with E-state index < -0.39 is 0 Å². The normalized spacial score (nSPS) is 18.0. The summed E-state index contributed by atoms with van der Waals surface area (Å²) in [5.74, 6) is 3.41. The maximum Gasteiger partial charge on any atom is 0.164 e. The van der Waals surface area contributed by atoms with Gasteiger partial charge in [0.15, 0.2) is 11.5 Å². The Morgan fingerprint density at radius 1 is 0.960 bits per heavy atom. The highest BCUT2D eigenvalue weighted by Crippen LogP contribution is 2.37. The average Bonchev–Trinajstić information content (AvgIpc) is 2.68. The zero-order valence-corrected chi connectivity index (χ0v) is 15.8. The Kier molecular flexibility index (Phi) is 6.10. The predicted octanol–water partition coefficient (Wildman–Crippen LogP) is 4.00. The van der Waals surface area contributed by atoms with Gasteiger partial charge in [0.05, 0.1) is 21.3 Å². The van der Waals surface area contributed by atoms with Gasteiger partial charge in [0.1, 0.15) is 5.75 Å². The molecule has 0 spiro atoms. The summed E-state index contributed by atoms with van der Waals surface area (Å²) in [7, 11) is 5.00. The van der Waals surface area contributed by atoms with E-state index >= 15 is 0 Å². The van der Waals surface area contributed by atoms with Gasteiger partial charge in [-0.05, 0) is 11.6 Å². The molecule has 0 bridgehead atoms. The molecule has 1 aliphatic heterocycles. The first-order valence-corrected chi connectivity index (χ1v) is 9.47. The molecule has 1 aliphatic rings. The molecular formula is C20H25NO3S. The van der Waals surface area contributed by atoms with Crippen molar-refractivity contribution in [2.75, 3.05) is 40.2 Å². The minimum atomic E-state index is 0.515. The van der Waals surface area contributed by atoms with E-state index in [2.05, 4.69) is 35.2 Å². The second-order valence-electron chi connectivity index (χ2n) is 6.02. The summed E-state index contributed by atoms with van der Waals surface area (Å²) in [6.07, 6.45) is 0. The molecule has 1 saturated heterocycles. The lowest BCUT2D eigenvalue weighted by Crippen LogP contribution is -2.34. The summed E-state index contributed by atoms with van der Waals surface area (Å²) in [4.78, 5) is 2.48. The lowest BCUT2D eigenvalue weighted by Gasteiger charge is -2.33. The highest BCUT2D eigenvalue weighted by molar-refractivity contribution is 7.99. The van der Waals surface area contributed by atoms with E-state index in [1.54, 1.807) is 21.3 Å². The van der Waals surface area contributed by atoms with Gasteiger partial charge in [-0.2, -0.15) is 11.8 Å². The molecule has 0 aromatic heterocycles. The van der Waals surface area contributed by atoms with Gasteiger partial charge in [0, 0.05) is 42.3 Å². The van der Waals surface area contributed by atoms with Crippen molar-refractivity contribution in [1.29, 1.82) is 0 Å². The van der Waals surface area contributed by atoms with Gasteiger partial charge in [0.2, 0.25) is 0 Å². The van der Waals surface area contributed by atoms with Gasteiger partial charge in [-0.25, -0.2) is 0 Å². The number of thioether (sulfide) groups is 1. The van der Waals surface area contributed by atoms with E-state index in [0.29, 0.717) is 11.0 Å². The second kappa shape index (κ2) is 8.50. The highest BCUT2D eigenvalue weighted by Gasteiger charge is 2.23. The first kappa shape index (κ1) is 18.0. The molecule has 0 saturated carbocycles. The number of methoxy groups -OCH3 is 3. The number of hydrogen-bond donors (Lipinski definition) is 0. The van der Waals surface area contributed by atoms with Crippen molar-refractivity contribution in [3.63, 3.8) is 0 Å². The van der Waals surface area contributed by atoms with Gasteiger partial charge in [-0.15, -0.1) is 0 Å². The summed E-state index contributed by atoms with van der Waals surface area (Å²) in [5, 5.41) is 0.515. The van der Waals surface area contributed by atoms with Crippen molar-refractivity contribution in [2.24, 2.45) is 0 Å². The molecule has 134 valence electrons. The fourth-order valence-electron chi connectivity index (χ4n) is 3.17. The van der Waals surface area contributed by atoms with Crippen molar-refractivity contribution in [2.45, 2.75) is 11.8 Å². The Morgan fingerprint density at radius 3 is 2.32 bits per heavy atom. The van der Waals surface area contributed by atoms with E-state index in [4.69, 9.17) is 14.2 Å². The van der Waals surface area contributed by atoms with Gasteiger partial charge in [0.25, 0.3) is 0 Å². The van der Waals surface area contributed by atoms with Crippen LogP contribution in [0.2, 0.25) is 0 Å². The topological polar surface area (TPSA) is 30.9 Å². The van der Waals surface area contributed by atoms with Crippen LogP contribution in [0.5, 0.6) is 17.2 Å². The summed E-state index contributed by atoms with van der Waals surface area (Å²) in [6, 6.07) is 14.7. The summed E-state index contributed by atoms with van der Waals surface area (Å²) in [6.45, 7) is 2.95. The first-order chi connectivity index (χ1) is 12.2. The van der Waals surface area contributed by atoms with Crippen LogP contribution in [0.4, 0.5) is 0 Å². The lowest BCUT2D eigenvalue weighted by molar-refractivity contribution is 0.269. The summed E-state index contributed by atoms with van der Waals surface area (Å²) in [5.41, 5.74) is 2.52. The van der Waals surface area contributed by atoms with E-state index in [1.807, 2.05) is 23.9 Å². The van der Waals surface area contributed by atoms with Crippen LogP contribution in [0.15, 0.2) is 42.5 Å². The third-order valence-electron chi connectivity index (χ3n) is 4.50. The second-order valence-corrected chi connectivity index (χ2v) is 7.33. The molecule has 5 heteroatoms. The molecule has 0 N–H and O–H groups in total. The van der Waals surface area contributed by atoms with E-state index in [9.17, 15) is 0 Å². The van der Waals surface area contributed by atoms with Crippen LogP contribution in [-0.2, 0) is 6.54 Å². The molecule has 3 rings (SSSR count). The third kappa shape index (κ3) is 4.22. The van der Waals surface area contributed by atoms with Crippen molar-refractivity contribution in [1.82, 2.24) is 4.90 Å². The number of ether oxygens (including phenoxy) is 3. The van der Waals surface area contributed by atoms with Gasteiger partial charge in [-0.3, -0.25) is 4.90 Å². The summed E-state index contributed by atoms with van der Waals surface area (Å²) < 4.78 is 16.4. The lowest BCUT2D eigenvalue weighted by atomic mass is 10.1. The number of rotatable bonds is 6. The maximum atomic E-state index is 5.57. The molecular weight excluding hydrogens is 334 g/mol. The Morgan fingerprint density at radius 2 is 1.64 bits per heavy atom. The minimum Gasteiger partial charge on any atom is -0.496 e. The molecule has 1 fully saturated rings. The standard InChI is InChI=1S/C20H25NO3S/c1-22-17-12-19(24-3)18(23-2)11-16(17)13-21-9-10-25-20(14-21)15-7-5-4-6-8-15/h4-8,11-12,20H,9-10,13-14H2,1-3H3. The van der Waals surface area contributed by atoms with Crippen molar-refractivity contribution in [3.8, 4) is 17.2 Å². The molecule has 0 aliphatic carbocycles. The quantitative estimate of drug-likeness (QED) is 0.778. The number of benzene rings is 2. The highest BCUT2D eigenvalue weighted by atomic mass is 32.2. The van der Waals surface area contributed by atoms with Crippen LogP contribution in [0.25, 0.3) is 0 Å². The van der Waals surface area contributed by atoms with Crippen molar-refractivity contribution >= 4 is 11.8 Å². The minimum absolute atomic E-state index is 0.515. The van der Waals surface area contributed by atoms with E-state index in [1.165, 1.54) is 5.56 Å². The molecule has 0 radical (unpaired) electrons. The number of hydrogen-bond acceptors (Lipinski definition) is 5. The maximum absolute atomic E-state index is 5.57. The van der Waals surface area contributed by atoms with Crippen LogP contribution in [-0.4, -0.2) is 45.1 Å². The monoisotopic (exact) mass is 359 g/mol. The molecule has 1 unspecified atom stereocenters. The smallest absolute Gasteiger partial charge is 0.164 e. The SMILES string of the molecule is COc1cc(OC)c(OC)cc1CN1CCSC(c2ccccc2)C1. The van der Waals surface area contributed by atoms with Crippen LogP contribution >= 0.6 is 11.8 Å². The zero-order valence-electron chi connectivity index (χ0n) is 15.0. The van der Waals surface area contributed by atoms with E-state index in [-0.39, 0.29) is 0 Å². The van der Waals surface area contributed by atoms with Crippen LogP contribution < -0.4 is 14.2 Å². The number of nitrogens with zero attached hydrogens (tertiary/aromatic N) is 1. The Labute approximate surface area is 154 Å². The predicted molar refractivity (Wildman–Crippen MR) is 103 cm³/mol. The largest absolute Gasteiger partial charge is 0.496 e. The fraction of sp³-hybridized carbons (Fsp3) is 0.400. The Balaban J connectivity index is 1.77. The molecule has 0 amide bonds. The Hall–Kier alpha value is -1.85. The Bertz CT molecular complexity index is 693. The average molecular weight is 359 g/mol. The zero-order chi connectivity index (χ0) is 17.6.